The Kier molecular flexibility index (Phi) is 5.90. The minimum absolute atomic E-state index is 0.0392. The van der Waals surface area contributed by atoms with Gasteiger partial charge in [0.25, 0.3) is 5.91 Å². The van der Waals surface area contributed by atoms with Gasteiger partial charge in [-0.3, -0.25) is 4.79 Å². The first-order chi connectivity index (χ1) is 9.81. The van der Waals surface area contributed by atoms with Crippen molar-refractivity contribution in [2.75, 3.05) is 18.4 Å². The fourth-order valence-electron chi connectivity index (χ4n) is 2.99. The van der Waals surface area contributed by atoms with Gasteiger partial charge in [0.2, 0.25) is 0 Å². The Morgan fingerprint density at radius 1 is 1.20 bits per heavy atom. The van der Waals surface area contributed by atoms with Crippen LogP contribution in [0.5, 0.6) is 0 Å². The van der Waals surface area contributed by atoms with Crippen LogP contribution in [-0.4, -0.2) is 19.0 Å². The maximum Gasteiger partial charge on any atom is 0.253 e. The molecule has 20 heavy (non-hydrogen) atoms. The Balaban J connectivity index is 1.82. The van der Waals surface area contributed by atoms with Gasteiger partial charge in [0, 0.05) is 18.8 Å². The minimum Gasteiger partial charge on any atom is -0.385 e. The van der Waals surface area contributed by atoms with E-state index in [1.54, 1.807) is 0 Å². The van der Waals surface area contributed by atoms with Crippen LogP contribution < -0.4 is 10.6 Å². The molecule has 0 bridgehead atoms. The number of para-hydroxylation sites is 1. The van der Waals surface area contributed by atoms with Gasteiger partial charge in [-0.1, -0.05) is 44.2 Å². The van der Waals surface area contributed by atoms with Crippen molar-refractivity contribution >= 4 is 11.6 Å². The van der Waals surface area contributed by atoms with Crippen LogP contribution in [0.1, 0.15) is 55.8 Å². The van der Waals surface area contributed by atoms with E-state index in [-0.39, 0.29) is 5.91 Å². The van der Waals surface area contributed by atoms with Crippen molar-refractivity contribution in [3.63, 3.8) is 0 Å². The summed E-state index contributed by atoms with van der Waals surface area (Å²) < 4.78 is 0. The lowest BCUT2D eigenvalue weighted by Crippen LogP contribution is -2.27. The molecule has 0 aliphatic heterocycles. The van der Waals surface area contributed by atoms with Crippen molar-refractivity contribution < 1.29 is 4.79 Å². The van der Waals surface area contributed by atoms with Crippen molar-refractivity contribution in [2.45, 2.75) is 45.4 Å². The standard InChI is InChI=1S/C17H26N2O/c1-2-18-16-11-7-6-10-15(16)17(20)19-13-12-14-8-4-3-5-9-14/h6-7,10-11,14,18H,2-5,8-9,12-13H2,1H3,(H,19,20). The Bertz CT molecular complexity index is 425. The number of carbonyl (C=O) groups excluding carboxylic acids is 1. The van der Waals surface area contributed by atoms with Crippen molar-refractivity contribution in [1.82, 2.24) is 5.32 Å². The highest BCUT2D eigenvalue weighted by Gasteiger charge is 2.14. The zero-order valence-electron chi connectivity index (χ0n) is 12.5. The lowest BCUT2D eigenvalue weighted by molar-refractivity contribution is 0.0951. The zero-order valence-corrected chi connectivity index (χ0v) is 12.5. The minimum atomic E-state index is 0.0392. The molecule has 1 aliphatic carbocycles. The fraction of sp³-hybridized carbons (Fsp3) is 0.588. The van der Waals surface area contributed by atoms with Crippen molar-refractivity contribution in [3.05, 3.63) is 29.8 Å². The third kappa shape index (κ3) is 4.26. The topological polar surface area (TPSA) is 41.1 Å². The van der Waals surface area contributed by atoms with E-state index in [1.165, 1.54) is 32.1 Å². The molecule has 1 aliphatic rings. The normalized spacial score (nSPS) is 15.8. The number of hydrogen-bond acceptors (Lipinski definition) is 2. The second-order valence-electron chi connectivity index (χ2n) is 5.62. The number of benzene rings is 1. The van der Waals surface area contributed by atoms with Crippen LogP contribution in [0.4, 0.5) is 5.69 Å². The van der Waals surface area contributed by atoms with Crippen molar-refractivity contribution in [1.29, 1.82) is 0 Å². The van der Waals surface area contributed by atoms with E-state index in [0.717, 1.165) is 36.7 Å². The molecule has 110 valence electrons. The van der Waals surface area contributed by atoms with E-state index >= 15 is 0 Å². The lowest BCUT2D eigenvalue weighted by atomic mass is 9.87. The zero-order chi connectivity index (χ0) is 14.2. The van der Waals surface area contributed by atoms with Gasteiger partial charge in [0.05, 0.1) is 5.56 Å². The molecule has 3 heteroatoms. The molecule has 0 spiro atoms. The molecular weight excluding hydrogens is 248 g/mol. The molecule has 1 amide bonds. The van der Waals surface area contributed by atoms with Gasteiger partial charge in [-0.05, 0) is 31.4 Å². The highest BCUT2D eigenvalue weighted by molar-refractivity contribution is 5.99. The molecule has 0 unspecified atom stereocenters. The van der Waals surface area contributed by atoms with Crippen LogP contribution >= 0.6 is 0 Å². The Morgan fingerprint density at radius 2 is 1.95 bits per heavy atom. The summed E-state index contributed by atoms with van der Waals surface area (Å²) in [6.07, 6.45) is 7.91. The second kappa shape index (κ2) is 7.93. The average molecular weight is 274 g/mol. The number of carbonyl (C=O) groups is 1. The lowest BCUT2D eigenvalue weighted by Gasteiger charge is -2.21. The van der Waals surface area contributed by atoms with Gasteiger partial charge >= 0.3 is 0 Å². The summed E-state index contributed by atoms with van der Waals surface area (Å²) in [5.74, 6) is 0.852. The molecule has 1 fully saturated rings. The maximum absolute atomic E-state index is 12.2. The molecule has 2 rings (SSSR count). The molecule has 0 saturated heterocycles. The first-order valence-corrected chi connectivity index (χ1v) is 7.92. The van der Waals surface area contributed by atoms with Gasteiger partial charge in [0.15, 0.2) is 0 Å². The van der Waals surface area contributed by atoms with Gasteiger partial charge in [0.1, 0.15) is 0 Å². The third-order valence-electron chi connectivity index (χ3n) is 4.10. The van der Waals surface area contributed by atoms with Crippen molar-refractivity contribution in [3.8, 4) is 0 Å². The van der Waals surface area contributed by atoms with Crippen LogP contribution in [0.25, 0.3) is 0 Å². The molecule has 1 aromatic carbocycles. The molecule has 2 N–H and O–H groups in total. The van der Waals surface area contributed by atoms with Crippen LogP contribution in [0, 0.1) is 5.92 Å². The molecule has 0 heterocycles. The van der Waals surface area contributed by atoms with Crippen LogP contribution in [0.15, 0.2) is 24.3 Å². The Morgan fingerprint density at radius 3 is 2.70 bits per heavy atom. The smallest absolute Gasteiger partial charge is 0.253 e. The molecular formula is C17H26N2O. The molecule has 1 aromatic rings. The number of amides is 1. The molecule has 0 radical (unpaired) electrons. The van der Waals surface area contributed by atoms with Crippen LogP contribution in [-0.2, 0) is 0 Å². The number of anilines is 1. The van der Waals surface area contributed by atoms with E-state index in [4.69, 9.17) is 0 Å². The maximum atomic E-state index is 12.2. The summed E-state index contributed by atoms with van der Waals surface area (Å²) in [6, 6.07) is 7.71. The van der Waals surface area contributed by atoms with Gasteiger partial charge in [-0.15, -0.1) is 0 Å². The molecule has 3 nitrogen and oxygen atoms in total. The quantitative estimate of drug-likeness (QED) is 0.828. The first-order valence-electron chi connectivity index (χ1n) is 7.92. The summed E-state index contributed by atoms with van der Waals surface area (Å²) >= 11 is 0. The first kappa shape index (κ1) is 14.9. The number of rotatable bonds is 6. The monoisotopic (exact) mass is 274 g/mol. The van der Waals surface area contributed by atoms with Gasteiger partial charge in [-0.2, -0.15) is 0 Å². The summed E-state index contributed by atoms with van der Waals surface area (Å²) in [5.41, 5.74) is 1.67. The number of hydrogen-bond donors (Lipinski definition) is 2. The van der Waals surface area contributed by atoms with E-state index < -0.39 is 0 Å². The van der Waals surface area contributed by atoms with E-state index in [9.17, 15) is 4.79 Å². The van der Waals surface area contributed by atoms with Gasteiger partial charge in [-0.25, -0.2) is 0 Å². The summed E-state index contributed by atoms with van der Waals surface area (Å²) in [6.45, 7) is 3.66. The largest absolute Gasteiger partial charge is 0.385 e. The van der Waals surface area contributed by atoms with Crippen LogP contribution in [0.2, 0.25) is 0 Å². The summed E-state index contributed by atoms with van der Waals surface area (Å²) in [7, 11) is 0. The highest BCUT2D eigenvalue weighted by atomic mass is 16.1. The Hall–Kier alpha value is -1.51. The van der Waals surface area contributed by atoms with Crippen LogP contribution in [0.3, 0.4) is 0 Å². The van der Waals surface area contributed by atoms with E-state index in [1.807, 2.05) is 31.2 Å². The molecule has 1 saturated carbocycles. The molecule has 0 aromatic heterocycles. The number of nitrogens with one attached hydrogen (secondary N) is 2. The molecule has 0 atom stereocenters. The predicted molar refractivity (Wildman–Crippen MR) is 84.1 cm³/mol. The SMILES string of the molecule is CCNc1ccccc1C(=O)NCCC1CCCCC1. The second-order valence-corrected chi connectivity index (χ2v) is 5.62. The average Bonchev–Trinajstić information content (AvgIpc) is 2.49. The fourth-order valence-corrected chi connectivity index (χ4v) is 2.99. The third-order valence-corrected chi connectivity index (χ3v) is 4.10. The van der Waals surface area contributed by atoms with Crippen molar-refractivity contribution in [2.24, 2.45) is 5.92 Å². The summed E-state index contributed by atoms with van der Waals surface area (Å²) in [5, 5.41) is 6.30. The summed E-state index contributed by atoms with van der Waals surface area (Å²) in [4.78, 5) is 12.2. The van der Waals surface area contributed by atoms with E-state index in [2.05, 4.69) is 10.6 Å². The highest BCUT2D eigenvalue weighted by Crippen LogP contribution is 2.25. The van der Waals surface area contributed by atoms with Gasteiger partial charge < -0.3 is 10.6 Å². The Labute approximate surface area is 122 Å². The predicted octanol–water partition coefficient (Wildman–Crippen LogP) is 3.82. The van der Waals surface area contributed by atoms with E-state index in [0.29, 0.717) is 0 Å².